The number of ether oxygens (including phenoxy) is 1. The van der Waals surface area contributed by atoms with Crippen LogP contribution in [-0.2, 0) is 20.9 Å². The van der Waals surface area contributed by atoms with Crippen molar-refractivity contribution in [3.8, 4) is 0 Å². The van der Waals surface area contributed by atoms with Gasteiger partial charge in [-0.25, -0.2) is 0 Å². The van der Waals surface area contributed by atoms with Gasteiger partial charge in [0, 0.05) is 6.42 Å². The molecule has 1 aliphatic heterocycles. The molecular formula is C17H23NO5. The van der Waals surface area contributed by atoms with Crippen molar-refractivity contribution in [2.24, 2.45) is 5.41 Å². The van der Waals surface area contributed by atoms with Gasteiger partial charge in [-0.05, 0) is 25.0 Å². The molecule has 0 radical (unpaired) electrons. The van der Waals surface area contributed by atoms with Crippen molar-refractivity contribution in [2.75, 3.05) is 13.2 Å². The Balaban J connectivity index is 1.50. The number of aliphatic hydroxyl groups excluding tert-OH is 1. The lowest BCUT2D eigenvalue weighted by Crippen LogP contribution is -2.42. The first kappa shape index (κ1) is 16.2. The van der Waals surface area contributed by atoms with Gasteiger partial charge in [-0.3, -0.25) is 14.5 Å². The maximum Gasteiger partial charge on any atom is 0.235 e. The summed E-state index contributed by atoms with van der Waals surface area (Å²) in [6.07, 6.45) is 5.69. The molecule has 1 N–H and O–H groups in total. The van der Waals surface area contributed by atoms with Crippen molar-refractivity contribution in [1.29, 1.82) is 0 Å². The molecule has 23 heavy (non-hydrogen) atoms. The van der Waals surface area contributed by atoms with E-state index in [1.807, 2.05) is 0 Å². The summed E-state index contributed by atoms with van der Waals surface area (Å²) in [5, 5.41) is 10.1. The molecule has 2 aliphatic rings. The lowest BCUT2D eigenvalue weighted by molar-refractivity contribution is -0.144. The van der Waals surface area contributed by atoms with E-state index in [1.165, 1.54) is 4.90 Å². The number of hydrogen-bond donors (Lipinski definition) is 1. The van der Waals surface area contributed by atoms with Crippen LogP contribution in [0.5, 0.6) is 0 Å². The number of imide groups is 1. The standard InChI is InChI=1S/C17H23NO5/c19-13(11-22-12-14-5-4-8-23-14)10-18-15(20)9-17(16(18)21)6-2-1-3-7-17/h4-5,8,13,19H,1-3,6-7,9-12H2/t13-/m0/s1. The maximum atomic E-state index is 12.6. The van der Waals surface area contributed by atoms with Crippen LogP contribution >= 0.6 is 0 Å². The van der Waals surface area contributed by atoms with Crippen molar-refractivity contribution in [2.45, 2.75) is 51.2 Å². The first-order valence-corrected chi connectivity index (χ1v) is 8.24. The molecule has 2 heterocycles. The number of β-amino-alcohol motifs (C(OH)–C–C–N with tert-alkyl or cyclic N) is 1. The molecule has 2 amide bonds. The number of furan rings is 1. The third-order valence-corrected chi connectivity index (χ3v) is 4.83. The summed E-state index contributed by atoms with van der Waals surface area (Å²) < 4.78 is 10.5. The number of rotatable bonds is 6. The predicted molar refractivity (Wildman–Crippen MR) is 81.2 cm³/mol. The Morgan fingerprint density at radius 1 is 1.30 bits per heavy atom. The smallest absolute Gasteiger partial charge is 0.235 e. The first-order chi connectivity index (χ1) is 11.1. The maximum absolute atomic E-state index is 12.6. The highest BCUT2D eigenvalue weighted by Gasteiger charge is 2.51. The van der Waals surface area contributed by atoms with E-state index in [1.54, 1.807) is 18.4 Å². The van der Waals surface area contributed by atoms with E-state index in [-0.39, 0.29) is 31.6 Å². The number of amides is 2. The third-order valence-electron chi connectivity index (χ3n) is 4.83. The van der Waals surface area contributed by atoms with Gasteiger partial charge in [-0.2, -0.15) is 0 Å². The van der Waals surface area contributed by atoms with E-state index in [4.69, 9.17) is 9.15 Å². The molecule has 1 saturated carbocycles. The summed E-state index contributed by atoms with van der Waals surface area (Å²) in [6, 6.07) is 3.55. The molecule has 0 aromatic carbocycles. The van der Waals surface area contributed by atoms with Crippen molar-refractivity contribution in [1.82, 2.24) is 4.90 Å². The molecule has 0 bridgehead atoms. The summed E-state index contributed by atoms with van der Waals surface area (Å²) in [4.78, 5) is 26.0. The molecule has 6 nitrogen and oxygen atoms in total. The summed E-state index contributed by atoms with van der Waals surface area (Å²) in [7, 11) is 0. The Labute approximate surface area is 135 Å². The highest BCUT2D eigenvalue weighted by atomic mass is 16.5. The van der Waals surface area contributed by atoms with Crippen LogP contribution in [0.15, 0.2) is 22.8 Å². The highest BCUT2D eigenvalue weighted by Crippen LogP contribution is 2.45. The number of hydrogen-bond acceptors (Lipinski definition) is 5. The summed E-state index contributed by atoms with van der Waals surface area (Å²) in [5.74, 6) is 0.404. The fourth-order valence-corrected chi connectivity index (χ4v) is 3.62. The number of nitrogens with zero attached hydrogens (tertiary/aromatic N) is 1. The van der Waals surface area contributed by atoms with Crippen LogP contribution in [-0.4, -0.2) is 41.1 Å². The van der Waals surface area contributed by atoms with Gasteiger partial charge in [-0.15, -0.1) is 0 Å². The normalized spacial score (nSPS) is 22.0. The zero-order valence-electron chi connectivity index (χ0n) is 13.2. The zero-order chi connectivity index (χ0) is 16.3. The van der Waals surface area contributed by atoms with Crippen molar-refractivity contribution < 1.29 is 23.8 Å². The van der Waals surface area contributed by atoms with Gasteiger partial charge in [0.15, 0.2) is 0 Å². The number of likely N-dealkylation sites (tertiary alicyclic amines) is 1. The van der Waals surface area contributed by atoms with Crippen LogP contribution in [0.25, 0.3) is 0 Å². The summed E-state index contributed by atoms with van der Waals surface area (Å²) in [6.45, 7) is 0.332. The Morgan fingerprint density at radius 2 is 2.09 bits per heavy atom. The average Bonchev–Trinajstić information content (AvgIpc) is 3.12. The van der Waals surface area contributed by atoms with Gasteiger partial charge in [0.1, 0.15) is 12.4 Å². The monoisotopic (exact) mass is 321 g/mol. The fourth-order valence-electron chi connectivity index (χ4n) is 3.62. The first-order valence-electron chi connectivity index (χ1n) is 8.24. The Kier molecular flexibility index (Phi) is 4.82. The minimum atomic E-state index is -0.878. The molecule has 1 saturated heterocycles. The van der Waals surface area contributed by atoms with Crippen LogP contribution in [0.4, 0.5) is 0 Å². The predicted octanol–water partition coefficient (Wildman–Crippen LogP) is 1.87. The van der Waals surface area contributed by atoms with Gasteiger partial charge in [-0.1, -0.05) is 19.3 Å². The SMILES string of the molecule is O=C1CC2(CCCCC2)C(=O)N1C[C@H](O)COCc1ccco1. The molecule has 1 spiro atoms. The van der Waals surface area contributed by atoms with Gasteiger partial charge >= 0.3 is 0 Å². The minimum absolute atomic E-state index is 0.0115. The van der Waals surface area contributed by atoms with Crippen LogP contribution in [0.2, 0.25) is 0 Å². The molecule has 3 rings (SSSR count). The highest BCUT2D eigenvalue weighted by molar-refractivity contribution is 6.05. The number of carbonyl (C=O) groups excluding carboxylic acids is 2. The molecular weight excluding hydrogens is 298 g/mol. The van der Waals surface area contributed by atoms with Crippen molar-refractivity contribution in [3.63, 3.8) is 0 Å². The van der Waals surface area contributed by atoms with Crippen molar-refractivity contribution in [3.05, 3.63) is 24.2 Å². The molecule has 1 aliphatic carbocycles. The van der Waals surface area contributed by atoms with Crippen LogP contribution in [0, 0.1) is 5.41 Å². The lowest BCUT2D eigenvalue weighted by Gasteiger charge is -2.30. The summed E-state index contributed by atoms with van der Waals surface area (Å²) >= 11 is 0. The Hall–Kier alpha value is -1.66. The van der Waals surface area contributed by atoms with E-state index in [9.17, 15) is 14.7 Å². The molecule has 126 valence electrons. The van der Waals surface area contributed by atoms with Crippen LogP contribution < -0.4 is 0 Å². The van der Waals surface area contributed by atoms with Gasteiger partial charge in [0.25, 0.3) is 0 Å². The van der Waals surface area contributed by atoms with Gasteiger partial charge in [0.05, 0.1) is 30.9 Å². The van der Waals surface area contributed by atoms with E-state index in [2.05, 4.69) is 0 Å². The van der Waals surface area contributed by atoms with Crippen molar-refractivity contribution >= 4 is 11.8 Å². The van der Waals surface area contributed by atoms with E-state index in [0.29, 0.717) is 12.2 Å². The quantitative estimate of drug-likeness (QED) is 0.809. The minimum Gasteiger partial charge on any atom is -0.467 e. The summed E-state index contributed by atoms with van der Waals surface area (Å²) in [5.41, 5.74) is -0.496. The second kappa shape index (κ2) is 6.84. The van der Waals surface area contributed by atoms with E-state index >= 15 is 0 Å². The molecule has 1 aromatic heterocycles. The van der Waals surface area contributed by atoms with Crippen LogP contribution in [0.3, 0.4) is 0 Å². The zero-order valence-corrected chi connectivity index (χ0v) is 13.2. The third kappa shape index (κ3) is 3.48. The second-order valence-corrected chi connectivity index (χ2v) is 6.58. The molecule has 2 fully saturated rings. The second-order valence-electron chi connectivity index (χ2n) is 6.58. The molecule has 1 atom stereocenters. The molecule has 0 unspecified atom stereocenters. The average molecular weight is 321 g/mol. The molecule has 1 aromatic rings. The lowest BCUT2D eigenvalue weighted by atomic mass is 9.73. The topological polar surface area (TPSA) is 80.0 Å². The van der Waals surface area contributed by atoms with E-state index in [0.717, 1.165) is 32.1 Å². The number of carbonyl (C=O) groups is 2. The number of aliphatic hydroxyl groups is 1. The van der Waals surface area contributed by atoms with Gasteiger partial charge in [0.2, 0.25) is 11.8 Å². The van der Waals surface area contributed by atoms with Crippen LogP contribution in [0.1, 0.15) is 44.3 Å². The Morgan fingerprint density at radius 3 is 2.78 bits per heavy atom. The molecule has 6 heteroatoms. The fraction of sp³-hybridized carbons (Fsp3) is 0.647. The van der Waals surface area contributed by atoms with E-state index < -0.39 is 11.5 Å². The largest absolute Gasteiger partial charge is 0.467 e. The Bertz CT molecular complexity index is 547. The van der Waals surface area contributed by atoms with Gasteiger partial charge < -0.3 is 14.3 Å².